The third-order valence-electron chi connectivity index (χ3n) is 3.97. The molecular formula is C19H22N2O2. The van der Waals surface area contributed by atoms with E-state index in [4.69, 9.17) is 10.5 Å². The van der Waals surface area contributed by atoms with Crippen LogP contribution in [0, 0.1) is 5.92 Å². The minimum absolute atomic E-state index is 0.108. The lowest BCUT2D eigenvalue weighted by Gasteiger charge is -2.14. The summed E-state index contributed by atoms with van der Waals surface area (Å²) in [5.74, 6) is 1.29. The summed E-state index contributed by atoms with van der Waals surface area (Å²) in [4.78, 5) is 12.3. The number of ether oxygens (including phenoxy) is 1. The van der Waals surface area contributed by atoms with Crippen LogP contribution in [0.1, 0.15) is 30.9 Å². The van der Waals surface area contributed by atoms with Crippen LogP contribution in [0.3, 0.4) is 0 Å². The average Bonchev–Trinajstić information content (AvgIpc) is 3.39. The summed E-state index contributed by atoms with van der Waals surface area (Å²) in [7, 11) is 0. The molecule has 1 amide bonds. The second-order valence-electron chi connectivity index (χ2n) is 6.02. The average molecular weight is 310 g/mol. The zero-order valence-electron chi connectivity index (χ0n) is 13.1. The van der Waals surface area contributed by atoms with E-state index in [0.717, 1.165) is 17.9 Å². The van der Waals surface area contributed by atoms with Crippen LogP contribution >= 0.6 is 0 Å². The maximum atomic E-state index is 12.3. The number of amides is 1. The predicted molar refractivity (Wildman–Crippen MR) is 91.3 cm³/mol. The zero-order valence-corrected chi connectivity index (χ0v) is 13.1. The van der Waals surface area contributed by atoms with Gasteiger partial charge in [0.05, 0.1) is 12.3 Å². The van der Waals surface area contributed by atoms with Crippen molar-refractivity contribution in [2.45, 2.75) is 25.3 Å². The van der Waals surface area contributed by atoms with Gasteiger partial charge in [-0.15, -0.1) is 0 Å². The Morgan fingerprint density at radius 1 is 1.13 bits per heavy atom. The number of carbonyl (C=O) groups is 1. The van der Waals surface area contributed by atoms with Crippen molar-refractivity contribution in [1.82, 2.24) is 0 Å². The van der Waals surface area contributed by atoms with Gasteiger partial charge in [0.2, 0.25) is 5.91 Å². The molecule has 0 bridgehead atoms. The van der Waals surface area contributed by atoms with Crippen molar-refractivity contribution in [3.8, 4) is 5.75 Å². The molecular weight excluding hydrogens is 288 g/mol. The molecule has 4 heteroatoms. The molecule has 0 spiro atoms. The SMILES string of the molecule is NC(CC(=O)Nc1ccccc1OCC1CC1)c1ccccc1. The Kier molecular flexibility index (Phi) is 4.93. The van der Waals surface area contributed by atoms with Crippen LogP contribution in [0.15, 0.2) is 54.6 Å². The smallest absolute Gasteiger partial charge is 0.226 e. The molecule has 3 rings (SSSR count). The van der Waals surface area contributed by atoms with E-state index < -0.39 is 0 Å². The summed E-state index contributed by atoms with van der Waals surface area (Å²) in [5, 5.41) is 2.91. The Labute approximate surface area is 136 Å². The predicted octanol–water partition coefficient (Wildman–Crippen LogP) is 3.50. The molecule has 1 aliphatic carbocycles. The summed E-state index contributed by atoms with van der Waals surface area (Å²) in [5.41, 5.74) is 7.77. The van der Waals surface area contributed by atoms with E-state index >= 15 is 0 Å². The van der Waals surface area contributed by atoms with Gasteiger partial charge in [-0.05, 0) is 36.5 Å². The molecule has 4 nitrogen and oxygen atoms in total. The molecule has 23 heavy (non-hydrogen) atoms. The maximum absolute atomic E-state index is 12.3. The maximum Gasteiger partial charge on any atom is 0.226 e. The van der Waals surface area contributed by atoms with Crippen molar-refractivity contribution in [3.63, 3.8) is 0 Å². The number of nitrogens with one attached hydrogen (secondary N) is 1. The number of benzene rings is 2. The van der Waals surface area contributed by atoms with Crippen molar-refractivity contribution in [2.24, 2.45) is 11.7 Å². The Morgan fingerprint density at radius 3 is 2.57 bits per heavy atom. The fourth-order valence-electron chi connectivity index (χ4n) is 2.41. The molecule has 1 saturated carbocycles. The highest BCUT2D eigenvalue weighted by molar-refractivity contribution is 5.92. The van der Waals surface area contributed by atoms with Gasteiger partial charge in [0.25, 0.3) is 0 Å². The van der Waals surface area contributed by atoms with E-state index in [2.05, 4.69) is 5.32 Å². The molecule has 1 aliphatic rings. The van der Waals surface area contributed by atoms with Gasteiger partial charge in [0.15, 0.2) is 0 Å². The fourth-order valence-corrected chi connectivity index (χ4v) is 2.41. The zero-order chi connectivity index (χ0) is 16.1. The summed E-state index contributed by atoms with van der Waals surface area (Å²) < 4.78 is 5.81. The van der Waals surface area contributed by atoms with Crippen LogP contribution in [0.5, 0.6) is 5.75 Å². The molecule has 0 aliphatic heterocycles. The first-order valence-corrected chi connectivity index (χ1v) is 8.04. The Bertz CT molecular complexity index is 653. The standard InChI is InChI=1S/C19H22N2O2/c20-16(15-6-2-1-3-7-15)12-19(22)21-17-8-4-5-9-18(17)23-13-14-10-11-14/h1-9,14,16H,10-13,20H2,(H,21,22). The third kappa shape index (κ3) is 4.57. The lowest BCUT2D eigenvalue weighted by molar-refractivity contribution is -0.116. The molecule has 0 radical (unpaired) electrons. The number of hydrogen-bond acceptors (Lipinski definition) is 3. The van der Waals surface area contributed by atoms with Crippen molar-refractivity contribution in [2.75, 3.05) is 11.9 Å². The summed E-state index contributed by atoms with van der Waals surface area (Å²) in [6, 6.07) is 16.9. The molecule has 3 N–H and O–H groups in total. The highest BCUT2D eigenvalue weighted by atomic mass is 16.5. The van der Waals surface area contributed by atoms with Crippen LogP contribution < -0.4 is 15.8 Å². The summed E-state index contributed by atoms with van der Waals surface area (Å²) >= 11 is 0. The second kappa shape index (κ2) is 7.29. The summed E-state index contributed by atoms with van der Waals surface area (Å²) in [6.07, 6.45) is 2.71. The molecule has 1 fully saturated rings. The normalized spacial score (nSPS) is 15.0. The van der Waals surface area contributed by atoms with E-state index in [0.29, 0.717) is 11.6 Å². The molecule has 0 heterocycles. The van der Waals surface area contributed by atoms with E-state index in [1.54, 1.807) is 0 Å². The lowest BCUT2D eigenvalue weighted by atomic mass is 10.0. The highest BCUT2D eigenvalue weighted by Gasteiger charge is 2.22. The first kappa shape index (κ1) is 15.6. The van der Waals surface area contributed by atoms with Gasteiger partial charge < -0.3 is 15.8 Å². The van der Waals surface area contributed by atoms with E-state index in [1.165, 1.54) is 12.8 Å². The Morgan fingerprint density at radius 2 is 1.83 bits per heavy atom. The Hall–Kier alpha value is -2.33. The number of nitrogens with two attached hydrogens (primary N) is 1. The molecule has 120 valence electrons. The number of hydrogen-bond donors (Lipinski definition) is 2. The van der Waals surface area contributed by atoms with Crippen LogP contribution in [0.2, 0.25) is 0 Å². The first-order valence-electron chi connectivity index (χ1n) is 8.04. The molecule has 0 aromatic heterocycles. The summed E-state index contributed by atoms with van der Waals surface area (Å²) in [6.45, 7) is 0.719. The third-order valence-corrected chi connectivity index (χ3v) is 3.97. The monoisotopic (exact) mass is 310 g/mol. The first-order chi connectivity index (χ1) is 11.2. The van der Waals surface area contributed by atoms with Crippen molar-refractivity contribution in [1.29, 1.82) is 0 Å². The largest absolute Gasteiger partial charge is 0.491 e. The fraction of sp³-hybridized carbons (Fsp3) is 0.316. The van der Waals surface area contributed by atoms with Gasteiger partial charge >= 0.3 is 0 Å². The number of anilines is 1. The van der Waals surface area contributed by atoms with Crippen LogP contribution in [-0.2, 0) is 4.79 Å². The second-order valence-corrected chi connectivity index (χ2v) is 6.02. The van der Waals surface area contributed by atoms with E-state index in [9.17, 15) is 4.79 Å². The molecule has 0 saturated heterocycles. The number of rotatable bonds is 7. The van der Waals surface area contributed by atoms with Crippen LogP contribution in [0.25, 0.3) is 0 Å². The van der Waals surface area contributed by atoms with E-state index in [-0.39, 0.29) is 18.4 Å². The number of para-hydroxylation sites is 2. The van der Waals surface area contributed by atoms with Crippen molar-refractivity contribution < 1.29 is 9.53 Å². The van der Waals surface area contributed by atoms with Crippen LogP contribution in [-0.4, -0.2) is 12.5 Å². The Balaban J connectivity index is 1.58. The number of carbonyl (C=O) groups excluding carboxylic acids is 1. The molecule has 2 aromatic rings. The lowest BCUT2D eigenvalue weighted by Crippen LogP contribution is -2.21. The molecule has 2 aromatic carbocycles. The minimum atomic E-state index is -0.309. The van der Waals surface area contributed by atoms with Gasteiger partial charge in [0, 0.05) is 12.5 Å². The quantitative estimate of drug-likeness (QED) is 0.822. The van der Waals surface area contributed by atoms with Gasteiger partial charge in [0.1, 0.15) is 5.75 Å². The van der Waals surface area contributed by atoms with Crippen molar-refractivity contribution >= 4 is 11.6 Å². The van der Waals surface area contributed by atoms with Gasteiger partial charge in [-0.2, -0.15) is 0 Å². The molecule has 1 atom stereocenters. The van der Waals surface area contributed by atoms with Crippen LogP contribution in [0.4, 0.5) is 5.69 Å². The molecule has 1 unspecified atom stereocenters. The van der Waals surface area contributed by atoms with Gasteiger partial charge in [-0.25, -0.2) is 0 Å². The van der Waals surface area contributed by atoms with E-state index in [1.807, 2.05) is 54.6 Å². The topological polar surface area (TPSA) is 64.4 Å². The van der Waals surface area contributed by atoms with Gasteiger partial charge in [-0.3, -0.25) is 4.79 Å². The van der Waals surface area contributed by atoms with Gasteiger partial charge in [-0.1, -0.05) is 42.5 Å². The van der Waals surface area contributed by atoms with Crippen molar-refractivity contribution in [3.05, 3.63) is 60.2 Å². The minimum Gasteiger partial charge on any atom is -0.491 e. The highest BCUT2D eigenvalue weighted by Crippen LogP contribution is 2.31.